The molecule has 1 saturated heterocycles. The zero-order valence-electron chi connectivity index (χ0n) is 8.90. The van der Waals surface area contributed by atoms with Crippen LogP contribution >= 0.6 is 0 Å². The number of rotatable bonds is 2. The lowest BCUT2D eigenvalue weighted by atomic mass is 10.1. The van der Waals surface area contributed by atoms with Gasteiger partial charge in [-0.25, -0.2) is 0 Å². The van der Waals surface area contributed by atoms with Gasteiger partial charge in [0.15, 0.2) is 5.78 Å². The van der Waals surface area contributed by atoms with Crippen LogP contribution in [0.1, 0.15) is 17.3 Å². The summed E-state index contributed by atoms with van der Waals surface area (Å²) >= 11 is 0. The highest BCUT2D eigenvalue weighted by molar-refractivity contribution is 5.94. The fourth-order valence-electron chi connectivity index (χ4n) is 1.74. The molecule has 0 amide bonds. The number of benzene rings is 1. The first-order valence-corrected chi connectivity index (χ1v) is 5.21. The summed E-state index contributed by atoms with van der Waals surface area (Å²) in [6.07, 6.45) is 0. The Morgan fingerprint density at radius 3 is 2.73 bits per heavy atom. The monoisotopic (exact) mass is 205 g/mol. The van der Waals surface area contributed by atoms with E-state index in [0.717, 1.165) is 37.6 Å². The standard InChI is InChI=1S/C12H15NO2/c1-10(14)11-3-2-4-12(9-11)13-5-7-15-8-6-13/h2-4,9H,5-8H2,1H3. The molecular formula is C12H15NO2. The number of anilines is 1. The first kappa shape index (κ1) is 10.2. The molecule has 1 heterocycles. The van der Waals surface area contributed by atoms with Gasteiger partial charge in [0.05, 0.1) is 13.2 Å². The highest BCUT2D eigenvalue weighted by Gasteiger charge is 2.11. The topological polar surface area (TPSA) is 29.5 Å². The lowest BCUT2D eigenvalue weighted by Gasteiger charge is -2.29. The highest BCUT2D eigenvalue weighted by Crippen LogP contribution is 2.17. The van der Waals surface area contributed by atoms with Gasteiger partial charge in [0.25, 0.3) is 0 Å². The number of morpholine rings is 1. The molecule has 1 aromatic rings. The van der Waals surface area contributed by atoms with E-state index in [4.69, 9.17) is 4.74 Å². The van der Waals surface area contributed by atoms with E-state index in [-0.39, 0.29) is 5.78 Å². The van der Waals surface area contributed by atoms with E-state index in [9.17, 15) is 4.79 Å². The fraction of sp³-hybridized carbons (Fsp3) is 0.417. The Hall–Kier alpha value is -1.35. The van der Waals surface area contributed by atoms with Gasteiger partial charge in [-0.15, -0.1) is 0 Å². The maximum Gasteiger partial charge on any atom is 0.159 e. The molecule has 1 aromatic carbocycles. The SMILES string of the molecule is CC(=O)c1cccc(N2CCOCC2)c1. The van der Waals surface area contributed by atoms with Gasteiger partial charge < -0.3 is 9.64 Å². The summed E-state index contributed by atoms with van der Waals surface area (Å²) in [5, 5.41) is 0. The summed E-state index contributed by atoms with van der Waals surface area (Å²) < 4.78 is 5.29. The number of hydrogen-bond acceptors (Lipinski definition) is 3. The van der Waals surface area contributed by atoms with E-state index >= 15 is 0 Å². The van der Waals surface area contributed by atoms with Crippen LogP contribution in [0.15, 0.2) is 24.3 Å². The smallest absolute Gasteiger partial charge is 0.159 e. The van der Waals surface area contributed by atoms with Crippen molar-refractivity contribution >= 4 is 11.5 Å². The van der Waals surface area contributed by atoms with Crippen LogP contribution in [-0.4, -0.2) is 32.1 Å². The zero-order chi connectivity index (χ0) is 10.7. The molecule has 0 aromatic heterocycles. The summed E-state index contributed by atoms with van der Waals surface area (Å²) in [6, 6.07) is 7.78. The molecule has 1 aliphatic rings. The minimum Gasteiger partial charge on any atom is -0.378 e. The molecule has 3 nitrogen and oxygen atoms in total. The Kier molecular flexibility index (Phi) is 3.02. The summed E-state index contributed by atoms with van der Waals surface area (Å²) in [4.78, 5) is 13.5. The number of ether oxygens (including phenoxy) is 1. The van der Waals surface area contributed by atoms with Crippen molar-refractivity contribution in [2.45, 2.75) is 6.92 Å². The van der Waals surface area contributed by atoms with Crippen LogP contribution in [0, 0.1) is 0 Å². The molecule has 0 saturated carbocycles. The fourth-order valence-corrected chi connectivity index (χ4v) is 1.74. The summed E-state index contributed by atoms with van der Waals surface area (Å²) in [6.45, 7) is 4.94. The minimum absolute atomic E-state index is 0.116. The van der Waals surface area contributed by atoms with Gasteiger partial charge in [-0.3, -0.25) is 4.79 Å². The second-order valence-corrected chi connectivity index (χ2v) is 3.71. The third kappa shape index (κ3) is 2.36. The summed E-state index contributed by atoms with van der Waals surface area (Å²) in [5.41, 5.74) is 1.89. The van der Waals surface area contributed by atoms with Gasteiger partial charge in [-0.05, 0) is 19.1 Å². The van der Waals surface area contributed by atoms with Crippen LogP contribution in [0.25, 0.3) is 0 Å². The Morgan fingerprint density at radius 2 is 2.07 bits per heavy atom. The van der Waals surface area contributed by atoms with Crippen molar-refractivity contribution < 1.29 is 9.53 Å². The minimum atomic E-state index is 0.116. The molecule has 0 aliphatic carbocycles. The third-order valence-electron chi connectivity index (χ3n) is 2.63. The van der Waals surface area contributed by atoms with Crippen LogP contribution in [0.5, 0.6) is 0 Å². The number of hydrogen-bond donors (Lipinski definition) is 0. The first-order valence-electron chi connectivity index (χ1n) is 5.21. The average molecular weight is 205 g/mol. The van der Waals surface area contributed by atoms with Gasteiger partial charge in [0, 0.05) is 24.3 Å². The van der Waals surface area contributed by atoms with Crippen molar-refractivity contribution in [1.82, 2.24) is 0 Å². The molecule has 1 fully saturated rings. The first-order chi connectivity index (χ1) is 7.27. The van der Waals surface area contributed by atoms with E-state index in [1.54, 1.807) is 6.92 Å². The Labute approximate surface area is 89.7 Å². The molecule has 0 N–H and O–H groups in total. The molecule has 80 valence electrons. The lowest BCUT2D eigenvalue weighted by molar-refractivity contribution is 0.101. The molecule has 3 heteroatoms. The predicted molar refractivity (Wildman–Crippen MR) is 59.5 cm³/mol. The van der Waals surface area contributed by atoms with E-state index in [2.05, 4.69) is 4.90 Å². The van der Waals surface area contributed by atoms with Gasteiger partial charge >= 0.3 is 0 Å². The van der Waals surface area contributed by atoms with Crippen LogP contribution < -0.4 is 4.90 Å². The Bertz CT molecular complexity index is 356. The van der Waals surface area contributed by atoms with Crippen molar-refractivity contribution in [3.63, 3.8) is 0 Å². The van der Waals surface area contributed by atoms with E-state index in [0.29, 0.717) is 0 Å². The molecule has 15 heavy (non-hydrogen) atoms. The van der Waals surface area contributed by atoms with Gasteiger partial charge in [-0.1, -0.05) is 12.1 Å². The van der Waals surface area contributed by atoms with E-state index < -0.39 is 0 Å². The van der Waals surface area contributed by atoms with Gasteiger partial charge in [0.2, 0.25) is 0 Å². The average Bonchev–Trinajstić information content (AvgIpc) is 2.30. The molecule has 0 radical (unpaired) electrons. The number of ketones is 1. The van der Waals surface area contributed by atoms with Crippen LogP contribution in [0.3, 0.4) is 0 Å². The molecule has 0 spiro atoms. The second-order valence-electron chi connectivity index (χ2n) is 3.71. The van der Waals surface area contributed by atoms with Crippen molar-refractivity contribution in [2.75, 3.05) is 31.2 Å². The molecular weight excluding hydrogens is 190 g/mol. The lowest BCUT2D eigenvalue weighted by Crippen LogP contribution is -2.36. The largest absolute Gasteiger partial charge is 0.378 e. The van der Waals surface area contributed by atoms with Crippen molar-refractivity contribution in [3.05, 3.63) is 29.8 Å². The molecule has 0 unspecified atom stereocenters. The number of carbonyl (C=O) groups is 1. The van der Waals surface area contributed by atoms with Crippen LogP contribution in [0.2, 0.25) is 0 Å². The van der Waals surface area contributed by atoms with Crippen molar-refractivity contribution in [3.8, 4) is 0 Å². The maximum atomic E-state index is 11.2. The molecule has 1 aliphatic heterocycles. The number of Topliss-reactive ketones (excluding diaryl/α,β-unsaturated/α-hetero) is 1. The second kappa shape index (κ2) is 4.45. The van der Waals surface area contributed by atoms with Gasteiger partial charge in [0.1, 0.15) is 0 Å². The van der Waals surface area contributed by atoms with E-state index in [1.165, 1.54) is 0 Å². The molecule has 0 atom stereocenters. The van der Waals surface area contributed by atoms with Gasteiger partial charge in [-0.2, -0.15) is 0 Å². The van der Waals surface area contributed by atoms with Crippen LogP contribution in [-0.2, 0) is 4.74 Å². The number of carbonyl (C=O) groups excluding carboxylic acids is 1. The summed E-state index contributed by atoms with van der Waals surface area (Å²) in [5.74, 6) is 0.116. The summed E-state index contributed by atoms with van der Waals surface area (Å²) in [7, 11) is 0. The maximum absolute atomic E-state index is 11.2. The molecule has 0 bridgehead atoms. The Balaban J connectivity index is 2.19. The molecule has 2 rings (SSSR count). The van der Waals surface area contributed by atoms with Crippen molar-refractivity contribution in [2.24, 2.45) is 0 Å². The third-order valence-corrected chi connectivity index (χ3v) is 2.63. The van der Waals surface area contributed by atoms with E-state index in [1.807, 2.05) is 24.3 Å². The quantitative estimate of drug-likeness (QED) is 0.688. The predicted octanol–water partition coefficient (Wildman–Crippen LogP) is 1.73. The highest BCUT2D eigenvalue weighted by atomic mass is 16.5. The Morgan fingerprint density at radius 1 is 1.33 bits per heavy atom. The van der Waals surface area contributed by atoms with Crippen LogP contribution in [0.4, 0.5) is 5.69 Å². The normalized spacial score (nSPS) is 16.5. The number of nitrogens with zero attached hydrogens (tertiary/aromatic N) is 1. The zero-order valence-corrected chi connectivity index (χ0v) is 8.90. The van der Waals surface area contributed by atoms with Crippen molar-refractivity contribution in [1.29, 1.82) is 0 Å².